The molecule has 0 saturated carbocycles. The van der Waals surface area contributed by atoms with E-state index >= 15 is 0 Å². The summed E-state index contributed by atoms with van der Waals surface area (Å²) in [6, 6.07) is 10.9. The molecule has 0 spiro atoms. The van der Waals surface area contributed by atoms with E-state index in [1.165, 1.54) is 18.2 Å². The van der Waals surface area contributed by atoms with Crippen LogP contribution in [0.1, 0.15) is 34.3 Å². The lowest BCUT2D eigenvalue weighted by molar-refractivity contribution is -0.136. The standard InChI is InChI=1S/C20H20F3N3O2/c21-20(22,23)16-8-1-2-9-17(16)25-19(28)24-13-14-6-5-7-15(12-14)18(27)26-10-3-4-11-26/h1-2,5-9,12H,3-4,10-11,13H2,(H2,24,25,28). The van der Waals surface area contributed by atoms with Gasteiger partial charge in [0, 0.05) is 25.2 Å². The van der Waals surface area contributed by atoms with Crippen LogP contribution in [0.2, 0.25) is 0 Å². The molecule has 5 nitrogen and oxygen atoms in total. The van der Waals surface area contributed by atoms with Crippen LogP contribution in [-0.2, 0) is 12.7 Å². The third-order valence-corrected chi connectivity index (χ3v) is 4.50. The van der Waals surface area contributed by atoms with Crippen molar-refractivity contribution in [3.63, 3.8) is 0 Å². The van der Waals surface area contributed by atoms with Gasteiger partial charge in [-0.1, -0.05) is 24.3 Å². The Balaban J connectivity index is 1.61. The number of anilines is 1. The largest absolute Gasteiger partial charge is 0.418 e. The predicted molar refractivity (Wildman–Crippen MR) is 98.9 cm³/mol. The molecule has 1 fully saturated rings. The highest BCUT2D eigenvalue weighted by Crippen LogP contribution is 2.34. The van der Waals surface area contributed by atoms with Crippen LogP contribution in [0.15, 0.2) is 48.5 Å². The smallest absolute Gasteiger partial charge is 0.339 e. The molecule has 0 unspecified atom stereocenters. The number of nitrogens with zero attached hydrogens (tertiary/aromatic N) is 1. The van der Waals surface area contributed by atoms with Gasteiger partial charge in [0.1, 0.15) is 0 Å². The van der Waals surface area contributed by atoms with E-state index in [1.54, 1.807) is 29.2 Å². The van der Waals surface area contributed by atoms with Crippen molar-refractivity contribution in [2.24, 2.45) is 0 Å². The third kappa shape index (κ3) is 4.82. The van der Waals surface area contributed by atoms with Crippen molar-refractivity contribution in [3.05, 3.63) is 65.2 Å². The molecule has 8 heteroatoms. The van der Waals surface area contributed by atoms with E-state index in [2.05, 4.69) is 10.6 Å². The number of carbonyl (C=O) groups excluding carboxylic acids is 2. The molecule has 3 rings (SSSR count). The summed E-state index contributed by atoms with van der Waals surface area (Å²) >= 11 is 0. The molecule has 1 aliphatic rings. The fraction of sp³-hybridized carbons (Fsp3) is 0.300. The van der Waals surface area contributed by atoms with E-state index in [0.29, 0.717) is 11.1 Å². The molecule has 3 amide bonds. The molecule has 1 heterocycles. The molecule has 0 atom stereocenters. The summed E-state index contributed by atoms with van der Waals surface area (Å²) in [7, 11) is 0. The lowest BCUT2D eigenvalue weighted by Gasteiger charge is -2.16. The van der Waals surface area contributed by atoms with Crippen LogP contribution in [0.5, 0.6) is 0 Å². The van der Waals surface area contributed by atoms with Crippen molar-refractivity contribution in [2.75, 3.05) is 18.4 Å². The van der Waals surface area contributed by atoms with Crippen LogP contribution in [-0.4, -0.2) is 29.9 Å². The first-order valence-corrected chi connectivity index (χ1v) is 8.94. The van der Waals surface area contributed by atoms with Crippen LogP contribution >= 0.6 is 0 Å². The molecule has 148 valence electrons. The molecule has 2 N–H and O–H groups in total. The summed E-state index contributed by atoms with van der Waals surface area (Å²) in [4.78, 5) is 26.2. The van der Waals surface area contributed by atoms with Gasteiger partial charge >= 0.3 is 12.2 Å². The van der Waals surface area contributed by atoms with Gasteiger partial charge in [-0.25, -0.2) is 4.79 Å². The molecule has 2 aromatic carbocycles. The van der Waals surface area contributed by atoms with Gasteiger partial charge in [0.15, 0.2) is 0 Å². The monoisotopic (exact) mass is 391 g/mol. The molecule has 1 saturated heterocycles. The molecular formula is C20H20F3N3O2. The van der Waals surface area contributed by atoms with Gasteiger partial charge in [-0.2, -0.15) is 13.2 Å². The van der Waals surface area contributed by atoms with Crippen molar-refractivity contribution in [3.8, 4) is 0 Å². The summed E-state index contributed by atoms with van der Waals surface area (Å²) in [6.45, 7) is 1.56. The Bertz CT molecular complexity index is 862. The Labute approximate surface area is 160 Å². The topological polar surface area (TPSA) is 61.4 Å². The van der Waals surface area contributed by atoms with Crippen molar-refractivity contribution in [1.29, 1.82) is 0 Å². The Hall–Kier alpha value is -3.03. The molecule has 2 aromatic rings. The first-order valence-electron chi connectivity index (χ1n) is 8.94. The molecule has 0 aliphatic carbocycles. The van der Waals surface area contributed by atoms with E-state index in [1.807, 2.05) is 0 Å². The predicted octanol–water partition coefficient (Wildman–Crippen LogP) is 4.26. The van der Waals surface area contributed by atoms with E-state index in [0.717, 1.165) is 32.0 Å². The quantitative estimate of drug-likeness (QED) is 0.818. The molecule has 0 bridgehead atoms. The fourth-order valence-corrected chi connectivity index (χ4v) is 3.11. The molecule has 28 heavy (non-hydrogen) atoms. The normalized spacial score (nSPS) is 14.0. The zero-order chi connectivity index (χ0) is 20.1. The number of halogens is 3. The third-order valence-electron chi connectivity index (χ3n) is 4.50. The SMILES string of the molecule is O=C(NCc1cccc(C(=O)N2CCCC2)c1)Nc1ccccc1C(F)(F)F. The molecule has 0 radical (unpaired) electrons. The van der Waals surface area contributed by atoms with Crippen LogP contribution in [0.4, 0.5) is 23.7 Å². The van der Waals surface area contributed by atoms with Gasteiger partial charge < -0.3 is 15.5 Å². The maximum Gasteiger partial charge on any atom is 0.418 e. The zero-order valence-corrected chi connectivity index (χ0v) is 15.1. The number of para-hydroxylation sites is 1. The number of likely N-dealkylation sites (tertiary alicyclic amines) is 1. The van der Waals surface area contributed by atoms with Gasteiger partial charge in [-0.15, -0.1) is 0 Å². The van der Waals surface area contributed by atoms with Crippen molar-refractivity contribution >= 4 is 17.6 Å². The maximum absolute atomic E-state index is 13.0. The Morgan fingerprint density at radius 2 is 1.71 bits per heavy atom. The number of carbonyl (C=O) groups is 2. The second-order valence-electron chi connectivity index (χ2n) is 6.55. The average molecular weight is 391 g/mol. The van der Waals surface area contributed by atoms with E-state index in [4.69, 9.17) is 0 Å². The molecular weight excluding hydrogens is 371 g/mol. The number of rotatable bonds is 4. The van der Waals surface area contributed by atoms with E-state index < -0.39 is 17.8 Å². The maximum atomic E-state index is 13.0. The number of amides is 3. The first-order chi connectivity index (χ1) is 13.3. The average Bonchev–Trinajstić information content (AvgIpc) is 3.20. The first kappa shape index (κ1) is 19.7. The molecule has 0 aromatic heterocycles. The zero-order valence-electron chi connectivity index (χ0n) is 15.1. The lowest BCUT2D eigenvalue weighted by atomic mass is 10.1. The van der Waals surface area contributed by atoms with Gasteiger partial charge in [-0.05, 0) is 42.7 Å². The van der Waals surface area contributed by atoms with Gasteiger partial charge in [0.2, 0.25) is 0 Å². The summed E-state index contributed by atoms with van der Waals surface area (Å²) in [5.74, 6) is -0.0529. The van der Waals surface area contributed by atoms with Gasteiger partial charge in [0.25, 0.3) is 5.91 Å². The minimum absolute atomic E-state index is 0.0529. The second-order valence-corrected chi connectivity index (χ2v) is 6.55. The second kappa shape index (κ2) is 8.33. The lowest BCUT2D eigenvalue weighted by Crippen LogP contribution is -2.30. The number of hydrogen-bond acceptors (Lipinski definition) is 2. The Kier molecular flexibility index (Phi) is 5.87. The summed E-state index contributed by atoms with van der Waals surface area (Å²) in [5, 5.41) is 4.74. The minimum atomic E-state index is -4.56. The van der Waals surface area contributed by atoms with Gasteiger partial charge in [0.05, 0.1) is 11.3 Å². The highest BCUT2D eigenvalue weighted by molar-refractivity contribution is 5.94. The van der Waals surface area contributed by atoms with Crippen LogP contribution in [0.25, 0.3) is 0 Å². The minimum Gasteiger partial charge on any atom is -0.339 e. The van der Waals surface area contributed by atoms with E-state index in [-0.39, 0.29) is 18.1 Å². The molecule has 1 aliphatic heterocycles. The number of urea groups is 1. The number of benzene rings is 2. The van der Waals surface area contributed by atoms with Gasteiger partial charge in [-0.3, -0.25) is 4.79 Å². The highest BCUT2D eigenvalue weighted by atomic mass is 19.4. The number of hydrogen-bond donors (Lipinski definition) is 2. The van der Waals surface area contributed by atoms with Crippen LogP contribution in [0, 0.1) is 0 Å². The summed E-state index contributed by atoms with van der Waals surface area (Å²) in [6.07, 6.45) is -2.58. The van der Waals surface area contributed by atoms with Crippen LogP contribution in [0.3, 0.4) is 0 Å². The Morgan fingerprint density at radius 1 is 1.00 bits per heavy atom. The van der Waals surface area contributed by atoms with E-state index in [9.17, 15) is 22.8 Å². The van der Waals surface area contributed by atoms with Crippen molar-refractivity contribution in [1.82, 2.24) is 10.2 Å². The fourth-order valence-electron chi connectivity index (χ4n) is 3.11. The summed E-state index contributed by atoms with van der Waals surface area (Å²) in [5.41, 5.74) is -0.0119. The van der Waals surface area contributed by atoms with Crippen molar-refractivity contribution < 1.29 is 22.8 Å². The highest BCUT2D eigenvalue weighted by Gasteiger charge is 2.33. The number of alkyl halides is 3. The van der Waals surface area contributed by atoms with Crippen molar-refractivity contribution in [2.45, 2.75) is 25.6 Å². The Morgan fingerprint density at radius 3 is 2.43 bits per heavy atom. The van der Waals surface area contributed by atoms with Crippen LogP contribution < -0.4 is 10.6 Å². The summed E-state index contributed by atoms with van der Waals surface area (Å²) < 4.78 is 39.0. The number of nitrogens with one attached hydrogen (secondary N) is 2.